The molecule has 1 aromatic carbocycles. The molecule has 1 aromatic rings. The molecule has 1 saturated heterocycles. The number of nitrogens with zero attached hydrogens (tertiary/aromatic N) is 1. The molecule has 19 heavy (non-hydrogen) atoms. The van der Waals surface area contributed by atoms with Gasteiger partial charge in [-0.25, -0.2) is 0 Å². The standard InChI is InChI=1S/C16H26N2O/c1-3-17-12-16(10-7-11-19-14-16)13-18(2)15-8-5-4-6-9-15/h4-6,8-9,17H,3,7,10-14H2,1-2H3. The molecule has 0 aromatic heterocycles. The molecular formula is C16H26N2O. The molecule has 0 saturated carbocycles. The molecule has 2 rings (SSSR count). The van der Waals surface area contributed by atoms with Crippen LogP contribution in [0.25, 0.3) is 0 Å². The number of hydrogen-bond acceptors (Lipinski definition) is 3. The zero-order chi connectivity index (χ0) is 13.6. The van der Waals surface area contributed by atoms with Crippen molar-refractivity contribution in [1.82, 2.24) is 5.32 Å². The second kappa shape index (κ2) is 6.92. The van der Waals surface area contributed by atoms with Crippen LogP contribution in [0.15, 0.2) is 30.3 Å². The second-order valence-electron chi connectivity index (χ2n) is 5.63. The van der Waals surface area contributed by atoms with Crippen LogP contribution >= 0.6 is 0 Å². The first-order chi connectivity index (χ1) is 9.26. The van der Waals surface area contributed by atoms with E-state index in [2.05, 4.69) is 54.5 Å². The Labute approximate surface area is 116 Å². The monoisotopic (exact) mass is 262 g/mol. The number of rotatable bonds is 6. The zero-order valence-electron chi connectivity index (χ0n) is 12.2. The molecule has 0 amide bonds. The van der Waals surface area contributed by atoms with E-state index in [1.807, 2.05) is 0 Å². The fourth-order valence-electron chi connectivity index (χ4n) is 2.90. The highest BCUT2D eigenvalue weighted by Crippen LogP contribution is 2.30. The van der Waals surface area contributed by atoms with Crippen molar-refractivity contribution >= 4 is 5.69 Å². The van der Waals surface area contributed by atoms with Crippen LogP contribution in [0.1, 0.15) is 19.8 Å². The quantitative estimate of drug-likeness (QED) is 0.852. The second-order valence-corrected chi connectivity index (χ2v) is 5.63. The largest absolute Gasteiger partial charge is 0.381 e. The summed E-state index contributed by atoms with van der Waals surface area (Å²) < 4.78 is 5.75. The molecule has 106 valence electrons. The number of para-hydroxylation sites is 1. The third-order valence-corrected chi connectivity index (χ3v) is 3.92. The molecule has 1 atom stereocenters. The van der Waals surface area contributed by atoms with Crippen molar-refractivity contribution in [3.05, 3.63) is 30.3 Å². The summed E-state index contributed by atoms with van der Waals surface area (Å²) in [6.07, 6.45) is 2.42. The van der Waals surface area contributed by atoms with Crippen molar-refractivity contribution in [3.63, 3.8) is 0 Å². The van der Waals surface area contributed by atoms with Crippen molar-refractivity contribution in [2.45, 2.75) is 19.8 Å². The minimum atomic E-state index is 0.249. The third-order valence-electron chi connectivity index (χ3n) is 3.92. The highest BCUT2D eigenvalue weighted by Gasteiger charge is 2.33. The Morgan fingerprint density at radius 1 is 1.32 bits per heavy atom. The van der Waals surface area contributed by atoms with Gasteiger partial charge in [0.15, 0.2) is 0 Å². The lowest BCUT2D eigenvalue weighted by molar-refractivity contribution is -0.00248. The van der Waals surface area contributed by atoms with Gasteiger partial charge in [-0.15, -0.1) is 0 Å². The maximum Gasteiger partial charge on any atom is 0.0551 e. The first kappa shape index (κ1) is 14.4. The third kappa shape index (κ3) is 3.95. The summed E-state index contributed by atoms with van der Waals surface area (Å²) in [5.74, 6) is 0. The van der Waals surface area contributed by atoms with E-state index < -0.39 is 0 Å². The van der Waals surface area contributed by atoms with Crippen LogP contribution in [0, 0.1) is 5.41 Å². The first-order valence-electron chi connectivity index (χ1n) is 7.30. The Morgan fingerprint density at radius 2 is 2.11 bits per heavy atom. The predicted octanol–water partition coefficient (Wildman–Crippen LogP) is 2.53. The van der Waals surface area contributed by atoms with Crippen LogP contribution in [-0.2, 0) is 4.74 Å². The summed E-state index contributed by atoms with van der Waals surface area (Å²) in [6.45, 7) is 7.07. The maximum atomic E-state index is 5.75. The topological polar surface area (TPSA) is 24.5 Å². The summed E-state index contributed by atoms with van der Waals surface area (Å²) in [6, 6.07) is 10.6. The van der Waals surface area contributed by atoms with Crippen molar-refractivity contribution in [2.24, 2.45) is 5.41 Å². The summed E-state index contributed by atoms with van der Waals surface area (Å²) in [4.78, 5) is 2.35. The van der Waals surface area contributed by atoms with Gasteiger partial charge in [0.05, 0.1) is 6.61 Å². The fraction of sp³-hybridized carbons (Fsp3) is 0.625. The van der Waals surface area contributed by atoms with Gasteiger partial charge in [0.25, 0.3) is 0 Å². The summed E-state index contributed by atoms with van der Waals surface area (Å²) in [5, 5.41) is 3.51. The number of nitrogens with one attached hydrogen (secondary N) is 1. The van der Waals surface area contributed by atoms with Gasteiger partial charge in [0.2, 0.25) is 0 Å². The Hall–Kier alpha value is -1.06. The van der Waals surface area contributed by atoms with Crippen molar-refractivity contribution < 1.29 is 4.74 Å². The van der Waals surface area contributed by atoms with Crippen LogP contribution < -0.4 is 10.2 Å². The van der Waals surface area contributed by atoms with Gasteiger partial charge >= 0.3 is 0 Å². The van der Waals surface area contributed by atoms with Crippen LogP contribution in [0.4, 0.5) is 5.69 Å². The molecule has 0 radical (unpaired) electrons. The van der Waals surface area contributed by atoms with E-state index in [-0.39, 0.29) is 5.41 Å². The number of anilines is 1. The van der Waals surface area contributed by atoms with E-state index in [1.54, 1.807) is 0 Å². The molecule has 0 spiro atoms. The SMILES string of the molecule is CCNCC1(CN(C)c2ccccc2)CCCOC1. The molecular weight excluding hydrogens is 236 g/mol. The van der Waals surface area contributed by atoms with Gasteiger partial charge in [0, 0.05) is 37.8 Å². The normalized spacial score (nSPS) is 23.3. The lowest BCUT2D eigenvalue weighted by Crippen LogP contribution is -2.48. The van der Waals surface area contributed by atoms with Crippen molar-refractivity contribution in [2.75, 3.05) is 44.8 Å². The Bertz CT molecular complexity index is 360. The smallest absolute Gasteiger partial charge is 0.0551 e. The summed E-state index contributed by atoms with van der Waals surface area (Å²) in [7, 11) is 2.18. The Kier molecular flexibility index (Phi) is 5.23. The average Bonchev–Trinajstić information content (AvgIpc) is 2.47. The van der Waals surface area contributed by atoms with Gasteiger partial charge < -0.3 is 15.0 Å². The van der Waals surface area contributed by atoms with E-state index in [1.165, 1.54) is 18.5 Å². The molecule has 1 aliphatic rings. The van der Waals surface area contributed by atoms with Crippen molar-refractivity contribution in [1.29, 1.82) is 0 Å². The maximum absolute atomic E-state index is 5.75. The van der Waals surface area contributed by atoms with Crippen molar-refractivity contribution in [3.8, 4) is 0 Å². The molecule has 3 heteroatoms. The highest BCUT2D eigenvalue weighted by molar-refractivity contribution is 5.45. The van der Waals surface area contributed by atoms with Gasteiger partial charge in [-0.1, -0.05) is 25.1 Å². The van der Waals surface area contributed by atoms with Gasteiger partial charge in [-0.2, -0.15) is 0 Å². The first-order valence-corrected chi connectivity index (χ1v) is 7.30. The van der Waals surface area contributed by atoms with Gasteiger partial charge in [0.1, 0.15) is 0 Å². The molecule has 1 heterocycles. The van der Waals surface area contributed by atoms with Crippen LogP contribution in [0.5, 0.6) is 0 Å². The molecule has 3 nitrogen and oxygen atoms in total. The minimum absolute atomic E-state index is 0.249. The van der Waals surface area contributed by atoms with Gasteiger partial charge in [-0.3, -0.25) is 0 Å². The fourth-order valence-corrected chi connectivity index (χ4v) is 2.90. The molecule has 1 fully saturated rings. The number of ether oxygens (including phenoxy) is 1. The number of benzene rings is 1. The van der Waals surface area contributed by atoms with E-state index in [9.17, 15) is 0 Å². The predicted molar refractivity (Wildman–Crippen MR) is 80.7 cm³/mol. The Morgan fingerprint density at radius 3 is 2.74 bits per heavy atom. The molecule has 0 aliphatic carbocycles. The average molecular weight is 262 g/mol. The Balaban J connectivity index is 2.02. The lowest BCUT2D eigenvalue weighted by Gasteiger charge is -2.40. The highest BCUT2D eigenvalue weighted by atomic mass is 16.5. The van der Waals surface area contributed by atoms with Crippen LogP contribution in [0.3, 0.4) is 0 Å². The molecule has 0 bridgehead atoms. The summed E-state index contributed by atoms with van der Waals surface area (Å²) in [5.41, 5.74) is 1.53. The summed E-state index contributed by atoms with van der Waals surface area (Å²) >= 11 is 0. The van der Waals surface area contributed by atoms with Gasteiger partial charge in [-0.05, 0) is 31.5 Å². The van der Waals surface area contributed by atoms with E-state index in [0.717, 1.165) is 32.8 Å². The zero-order valence-corrected chi connectivity index (χ0v) is 12.2. The van der Waals surface area contributed by atoms with E-state index in [0.29, 0.717) is 0 Å². The molecule has 1 aliphatic heterocycles. The molecule has 1 N–H and O–H groups in total. The van der Waals surface area contributed by atoms with Crippen LogP contribution in [0.2, 0.25) is 0 Å². The van der Waals surface area contributed by atoms with Crippen LogP contribution in [-0.4, -0.2) is 39.9 Å². The minimum Gasteiger partial charge on any atom is -0.381 e. The lowest BCUT2D eigenvalue weighted by atomic mass is 9.81. The van der Waals surface area contributed by atoms with E-state index in [4.69, 9.17) is 4.74 Å². The molecule has 1 unspecified atom stereocenters. The van der Waals surface area contributed by atoms with E-state index >= 15 is 0 Å². The number of hydrogen-bond donors (Lipinski definition) is 1.